The van der Waals surface area contributed by atoms with Gasteiger partial charge in [0.1, 0.15) is 0 Å². The highest BCUT2D eigenvalue weighted by molar-refractivity contribution is 5.97. The molecule has 7 nitrogen and oxygen atoms in total. The van der Waals surface area contributed by atoms with Crippen molar-refractivity contribution in [1.29, 1.82) is 0 Å². The first-order valence-electron chi connectivity index (χ1n) is 9.38. The van der Waals surface area contributed by atoms with E-state index in [0.29, 0.717) is 31.6 Å². The summed E-state index contributed by atoms with van der Waals surface area (Å²) in [4.78, 5) is 24.3. The molecular weight excluding hydrogens is 332 g/mol. The summed E-state index contributed by atoms with van der Waals surface area (Å²) < 4.78 is 5.39. The largest absolute Gasteiger partial charge is 0.388 e. The van der Waals surface area contributed by atoms with Gasteiger partial charge in [0.15, 0.2) is 0 Å². The van der Waals surface area contributed by atoms with Gasteiger partial charge in [0.05, 0.1) is 36.2 Å². The van der Waals surface area contributed by atoms with Gasteiger partial charge in [-0.15, -0.1) is 0 Å². The fraction of sp³-hybridized carbons (Fsp3) is 0.579. The zero-order chi connectivity index (χ0) is 18.0. The number of hydrogen-bond donors (Lipinski definition) is 2. The molecule has 0 unspecified atom stereocenters. The van der Waals surface area contributed by atoms with E-state index in [4.69, 9.17) is 4.74 Å². The van der Waals surface area contributed by atoms with Crippen molar-refractivity contribution in [1.82, 2.24) is 19.8 Å². The average Bonchev–Trinajstić information content (AvgIpc) is 3.04. The van der Waals surface area contributed by atoms with Crippen molar-refractivity contribution in [3.8, 4) is 0 Å². The van der Waals surface area contributed by atoms with Crippen molar-refractivity contribution >= 4 is 16.9 Å². The highest BCUT2D eigenvalue weighted by atomic mass is 16.5. The van der Waals surface area contributed by atoms with Gasteiger partial charge in [-0.3, -0.25) is 9.69 Å². The first kappa shape index (κ1) is 17.5. The molecule has 140 valence electrons. The molecule has 1 amide bonds. The number of aliphatic hydroxyl groups is 1. The van der Waals surface area contributed by atoms with Crippen molar-refractivity contribution in [3.63, 3.8) is 0 Å². The van der Waals surface area contributed by atoms with E-state index in [2.05, 4.69) is 14.9 Å². The van der Waals surface area contributed by atoms with Crippen LogP contribution in [0.15, 0.2) is 24.5 Å². The normalized spacial score (nSPS) is 25.3. The minimum Gasteiger partial charge on any atom is -0.388 e. The number of carbonyl (C=O) groups excluding carboxylic acids is 1. The predicted molar refractivity (Wildman–Crippen MR) is 98.1 cm³/mol. The Morgan fingerprint density at radius 2 is 2.08 bits per heavy atom. The van der Waals surface area contributed by atoms with Crippen LogP contribution in [0.25, 0.3) is 11.0 Å². The molecule has 0 bridgehead atoms. The van der Waals surface area contributed by atoms with Crippen LogP contribution in [0.1, 0.15) is 29.6 Å². The number of aromatic amines is 1. The second-order valence-corrected chi connectivity index (χ2v) is 7.39. The Bertz CT molecular complexity index is 771. The number of hydrogen-bond acceptors (Lipinski definition) is 5. The number of rotatable bonds is 3. The highest BCUT2D eigenvalue weighted by Gasteiger charge is 2.33. The summed E-state index contributed by atoms with van der Waals surface area (Å²) in [6.07, 6.45) is 3.80. The number of fused-ring (bicyclic) bond motifs is 1. The van der Waals surface area contributed by atoms with Crippen LogP contribution in [0.2, 0.25) is 0 Å². The lowest BCUT2D eigenvalue weighted by atomic mass is 9.94. The van der Waals surface area contributed by atoms with Gasteiger partial charge >= 0.3 is 0 Å². The van der Waals surface area contributed by atoms with Crippen molar-refractivity contribution in [2.45, 2.75) is 24.9 Å². The smallest absolute Gasteiger partial charge is 0.253 e. The Hall–Kier alpha value is -1.96. The van der Waals surface area contributed by atoms with Crippen molar-refractivity contribution in [2.75, 3.05) is 45.9 Å². The van der Waals surface area contributed by atoms with Crippen LogP contribution < -0.4 is 0 Å². The molecule has 3 heterocycles. The quantitative estimate of drug-likeness (QED) is 0.863. The number of imidazole rings is 1. The highest BCUT2D eigenvalue weighted by Crippen LogP contribution is 2.25. The fourth-order valence-electron chi connectivity index (χ4n) is 3.97. The minimum absolute atomic E-state index is 0.0251. The van der Waals surface area contributed by atoms with Gasteiger partial charge in [-0.25, -0.2) is 4.98 Å². The second kappa shape index (κ2) is 7.34. The number of β-amino-alcohol motifs (C(OH)–C–C–N with tert-alkyl or cyclic N) is 1. The molecule has 2 aromatic rings. The molecule has 2 aliphatic rings. The summed E-state index contributed by atoms with van der Waals surface area (Å²) in [6, 6.07) is 5.55. The van der Waals surface area contributed by atoms with Crippen LogP contribution in [0.3, 0.4) is 0 Å². The fourth-order valence-corrected chi connectivity index (χ4v) is 3.97. The molecule has 2 saturated heterocycles. The van der Waals surface area contributed by atoms with Gasteiger partial charge in [0, 0.05) is 38.3 Å². The molecular formula is C19H26N4O3. The molecule has 1 aromatic carbocycles. The number of carbonyl (C=O) groups is 1. The topological polar surface area (TPSA) is 81.7 Å². The van der Waals surface area contributed by atoms with E-state index in [-0.39, 0.29) is 5.91 Å². The first-order valence-corrected chi connectivity index (χ1v) is 9.38. The van der Waals surface area contributed by atoms with Gasteiger partial charge < -0.3 is 19.7 Å². The second-order valence-electron chi connectivity index (χ2n) is 7.39. The number of aromatic nitrogens is 2. The maximum atomic E-state index is 12.9. The van der Waals surface area contributed by atoms with Gasteiger partial charge in [-0.05, 0) is 37.5 Å². The summed E-state index contributed by atoms with van der Waals surface area (Å²) >= 11 is 0. The van der Waals surface area contributed by atoms with E-state index >= 15 is 0 Å². The lowest BCUT2D eigenvalue weighted by Crippen LogP contribution is -2.48. The van der Waals surface area contributed by atoms with Crippen LogP contribution in [-0.2, 0) is 4.74 Å². The number of morpholine rings is 1. The van der Waals surface area contributed by atoms with Gasteiger partial charge in [0.25, 0.3) is 5.91 Å². The summed E-state index contributed by atoms with van der Waals surface area (Å²) in [5, 5.41) is 11.1. The SMILES string of the molecule is O=C(c1ccc2nc[nH]c2c1)N1CCC[C@](O)(CN2CCOCC2)CC1. The minimum atomic E-state index is -0.723. The number of ether oxygens (including phenoxy) is 1. The molecule has 0 spiro atoms. The maximum Gasteiger partial charge on any atom is 0.253 e. The third-order valence-electron chi connectivity index (χ3n) is 5.49. The summed E-state index contributed by atoms with van der Waals surface area (Å²) in [5.74, 6) is 0.0251. The Balaban J connectivity index is 1.41. The number of benzene rings is 1. The van der Waals surface area contributed by atoms with E-state index in [1.165, 1.54) is 0 Å². The Kier molecular flexibility index (Phi) is 4.93. The molecule has 7 heteroatoms. The standard InChI is InChI=1S/C19H26N4O3/c24-18(15-2-3-16-17(12-15)21-14-20-16)23-6-1-4-19(25,5-7-23)13-22-8-10-26-11-9-22/h2-3,12,14,25H,1,4-11,13H2,(H,20,21)/t19-/m1/s1. The molecule has 2 fully saturated rings. The molecule has 2 aliphatic heterocycles. The maximum absolute atomic E-state index is 12.9. The lowest BCUT2D eigenvalue weighted by molar-refractivity contribution is -0.0389. The number of nitrogens with zero attached hydrogens (tertiary/aromatic N) is 3. The molecule has 26 heavy (non-hydrogen) atoms. The molecule has 1 atom stereocenters. The van der Waals surface area contributed by atoms with Gasteiger partial charge in [0.2, 0.25) is 0 Å². The third kappa shape index (κ3) is 3.75. The van der Waals surface area contributed by atoms with E-state index < -0.39 is 5.60 Å². The summed E-state index contributed by atoms with van der Waals surface area (Å²) in [5.41, 5.74) is 1.67. The zero-order valence-electron chi connectivity index (χ0n) is 15.0. The first-order chi connectivity index (χ1) is 12.6. The Morgan fingerprint density at radius 1 is 1.23 bits per heavy atom. The zero-order valence-corrected chi connectivity index (χ0v) is 15.0. The molecule has 1 aromatic heterocycles. The summed E-state index contributed by atoms with van der Waals surface area (Å²) in [7, 11) is 0. The Morgan fingerprint density at radius 3 is 2.92 bits per heavy atom. The number of H-pyrrole nitrogens is 1. The lowest BCUT2D eigenvalue weighted by Gasteiger charge is -2.35. The molecule has 2 N–H and O–H groups in total. The Labute approximate surface area is 152 Å². The van der Waals surface area contributed by atoms with Crippen LogP contribution in [0.4, 0.5) is 0 Å². The van der Waals surface area contributed by atoms with Crippen molar-refractivity contribution in [2.24, 2.45) is 0 Å². The van der Waals surface area contributed by atoms with Gasteiger partial charge in [-0.1, -0.05) is 0 Å². The van der Waals surface area contributed by atoms with Gasteiger partial charge in [-0.2, -0.15) is 0 Å². The molecule has 4 rings (SSSR count). The molecule has 0 saturated carbocycles. The average molecular weight is 358 g/mol. The predicted octanol–water partition coefficient (Wildman–Crippen LogP) is 1.25. The van der Waals surface area contributed by atoms with E-state index in [1.54, 1.807) is 6.33 Å². The van der Waals surface area contributed by atoms with Crippen LogP contribution in [0, 0.1) is 0 Å². The van der Waals surface area contributed by atoms with Crippen molar-refractivity contribution < 1.29 is 14.6 Å². The van der Waals surface area contributed by atoms with E-state index in [9.17, 15) is 9.90 Å². The number of nitrogens with one attached hydrogen (secondary N) is 1. The molecule has 0 radical (unpaired) electrons. The van der Waals surface area contributed by atoms with Crippen LogP contribution in [-0.4, -0.2) is 82.3 Å². The summed E-state index contributed by atoms with van der Waals surface area (Å²) in [6.45, 7) is 5.14. The van der Waals surface area contributed by atoms with Crippen LogP contribution >= 0.6 is 0 Å². The van der Waals surface area contributed by atoms with Crippen molar-refractivity contribution in [3.05, 3.63) is 30.1 Å². The molecule has 0 aliphatic carbocycles. The van der Waals surface area contributed by atoms with Crippen LogP contribution in [0.5, 0.6) is 0 Å². The third-order valence-corrected chi connectivity index (χ3v) is 5.49. The van der Waals surface area contributed by atoms with E-state index in [1.807, 2.05) is 23.1 Å². The monoisotopic (exact) mass is 358 g/mol. The number of likely N-dealkylation sites (tertiary alicyclic amines) is 1. The van der Waals surface area contributed by atoms with E-state index in [0.717, 1.165) is 50.2 Å². The number of amides is 1.